The molecule has 1 aromatic rings. The standard InChI is InChI=1S/C11H9BrINO/c1-7(12)11(15)10-6-9(13)3-2-8(10)4-5-14/h2-3,6-7H,4H2,1H3. The lowest BCUT2D eigenvalue weighted by molar-refractivity contribution is 0.0995. The quantitative estimate of drug-likeness (QED) is 0.460. The fourth-order valence-electron chi connectivity index (χ4n) is 1.23. The molecule has 1 atom stereocenters. The Hall–Kier alpha value is -0.410. The van der Waals surface area contributed by atoms with Gasteiger partial charge in [-0.05, 0) is 47.2 Å². The summed E-state index contributed by atoms with van der Waals surface area (Å²) in [6.45, 7) is 1.79. The number of alkyl halides is 1. The van der Waals surface area contributed by atoms with Crippen LogP contribution in [0.4, 0.5) is 0 Å². The van der Waals surface area contributed by atoms with Gasteiger partial charge in [-0.15, -0.1) is 0 Å². The van der Waals surface area contributed by atoms with E-state index in [1.54, 1.807) is 6.92 Å². The molecule has 0 fully saturated rings. The van der Waals surface area contributed by atoms with Gasteiger partial charge < -0.3 is 0 Å². The number of benzene rings is 1. The number of nitriles is 1. The van der Waals surface area contributed by atoms with Crippen LogP contribution in [-0.2, 0) is 6.42 Å². The highest BCUT2D eigenvalue weighted by molar-refractivity contribution is 14.1. The molecule has 0 N–H and O–H groups in total. The number of nitrogens with zero attached hydrogens (tertiary/aromatic N) is 1. The molecule has 0 spiro atoms. The molecule has 0 radical (unpaired) electrons. The van der Waals surface area contributed by atoms with Crippen LogP contribution < -0.4 is 0 Å². The third-order valence-electron chi connectivity index (χ3n) is 1.97. The van der Waals surface area contributed by atoms with Crippen molar-refractivity contribution in [3.8, 4) is 6.07 Å². The van der Waals surface area contributed by atoms with Gasteiger partial charge in [-0.25, -0.2) is 0 Å². The van der Waals surface area contributed by atoms with Crippen molar-refractivity contribution in [2.75, 3.05) is 0 Å². The van der Waals surface area contributed by atoms with Crippen LogP contribution in [-0.4, -0.2) is 10.6 Å². The molecule has 0 amide bonds. The Labute approximate surface area is 111 Å². The van der Waals surface area contributed by atoms with E-state index in [0.717, 1.165) is 9.13 Å². The van der Waals surface area contributed by atoms with Crippen molar-refractivity contribution in [2.24, 2.45) is 0 Å². The summed E-state index contributed by atoms with van der Waals surface area (Å²) in [6, 6.07) is 7.64. The summed E-state index contributed by atoms with van der Waals surface area (Å²) in [7, 11) is 0. The van der Waals surface area contributed by atoms with Gasteiger partial charge >= 0.3 is 0 Å². The van der Waals surface area contributed by atoms with Crippen LogP contribution in [0.15, 0.2) is 18.2 Å². The second kappa shape index (κ2) is 5.61. The molecule has 1 rings (SSSR count). The number of carbonyl (C=O) groups is 1. The van der Waals surface area contributed by atoms with Gasteiger partial charge in [-0.2, -0.15) is 5.26 Å². The van der Waals surface area contributed by atoms with E-state index in [-0.39, 0.29) is 17.0 Å². The summed E-state index contributed by atoms with van der Waals surface area (Å²) in [5.41, 5.74) is 1.45. The first kappa shape index (κ1) is 12.7. The largest absolute Gasteiger partial charge is 0.293 e. The van der Waals surface area contributed by atoms with E-state index >= 15 is 0 Å². The third kappa shape index (κ3) is 3.28. The van der Waals surface area contributed by atoms with Crippen molar-refractivity contribution in [3.63, 3.8) is 0 Å². The molecule has 2 nitrogen and oxygen atoms in total. The zero-order valence-corrected chi connectivity index (χ0v) is 11.9. The second-order valence-corrected chi connectivity index (χ2v) is 5.74. The van der Waals surface area contributed by atoms with Gasteiger partial charge in [0.15, 0.2) is 5.78 Å². The number of halogens is 2. The topological polar surface area (TPSA) is 40.9 Å². The molecular weight excluding hydrogens is 369 g/mol. The molecule has 0 saturated carbocycles. The maximum absolute atomic E-state index is 11.8. The minimum absolute atomic E-state index is 0.0266. The van der Waals surface area contributed by atoms with Gasteiger partial charge in [-0.3, -0.25) is 4.79 Å². The zero-order valence-electron chi connectivity index (χ0n) is 8.13. The van der Waals surface area contributed by atoms with Crippen LogP contribution in [0.1, 0.15) is 22.8 Å². The Kier molecular flexibility index (Phi) is 4.74. The lowest BCUT2D eigenvalue weighted by atomic mass is 10.0. The minimum atomic E-state index is -0.215. The predicted molar refractivity (Wildman–Crippen MR) is 71.2 cm³/mol. The van der Waals surface area contributed by atoms with Crippen molar-refractivity contribution in [3.05, 3.63) is 32.9 Å². The molecule has 0 aliphatic carbocycles. The smallest absolute Gasteiger partial charge is 0.176 e. The fourth-order valence-corrected chi connectivity index (χ4v) is 1.97. The van der Waals surface area contributed by atoms with Crippen molar-refractivity contribution < 1.29 is 4.79 Å². The van der Waals surface area contributed by atoms with Crippen LogP contribution in [0.3, 0.4) is 0 Å². The zero-order chi connectivity index (χ0) is 11.4. The predicted octanol–water partition coefficient (Wildman–Crippen LogP) is 3.32. The second-order valence-electron chi connectivity index (χ2n) is 3.12. The van der Waals surface area contributed by atoms with Crippen LogP contribution in [0, 0.1) is 14.9 Å². The molecule has 1 aromatic carbocycles. The maximum atomic E-state index is 11.8. The van der Waals surface area contributed by atoms with Crippen LogP contribution in [0.5, 0.6) is 0 Å². The Morgan fingerprint density at radius 3 is 2.87 bits per heavy atom. The summed E-state index contributed by atoms with van der Waals surface area (Å²) in [5, 5.41) is 8.66. The van der Waals surface area contributed by atoms with E-state index in [2.05, 4.69) is 44.6 Å². The first-order chi connectivity index (χ1) is 7.06. The highest BCUT2D eigenvalue weighted by Gasteiger charge is 2.16. The molecule has 0 saturated heterocycles. The summed E-state index contributed by atoms with van der Waals surface area (Å²) in [5.74, 6) is 0.0266. The fraction of sp³-hybridized carbons (Fsp3) is 0.273. The summed E-state index contributed by atoms with van der Waals surface area (Å²) >= 11 is 5.41. The molecule has 0 aliphatic heterocycles. The maximum Gasteiger partial charge on any atom is 0.176 e. The van der Waals surface area contributed by atoms with Crippen molar-refractivity contribution >= 4 is 44.3 Å². The van der Waals surface area contributed by atoms with E-state index in [0.29, 0.717) is 5.56 Å². The van der Waals surface area contributed by atoms with E-state index in [4.69, 9.17) is 5.26 Å². The first-order valence-corrected chi connectivity index (χ1v) is 6.39. The molecule has 0 aromatic heterocycles. The van der Waals surface area contributed by atoms with Crippen LogP contribution in [0.2, 0.25) is 0 Å². The Morgan fingerprint density at radius 1 is 1.67 bits per heavy atom. The average Bonchev–Trinajstić information content (AvgIpc) is 2.20. The lowest BCUT2D eigenvalue weighted by Crippen LogP contribution is -2.12. The van der Waals surface area contributed by atoms with Gasteiger partial charge in [0.2, 0.25) is 0 Å². The number of ketones is 1. The molecule has 0 bridgehead atoms. The van der Waals surface area contributed by atoms with Crippen molar-refractivity contribution in [1.29, 1.82) is 5.26 Å². The summed E-state index contributed by atoms with van der Waals surface area (Å²) in [4.78, 5) is 11.6. The van der Waals surface area contributed by atoms with Gasteiger partial charge in [-0.1, -0.05) is 22.0 Å². The molecule has 15 heavy (non-hydrogen) atoms. The number of rotatable bonds is 3. The molecule has 0 aliphatic rings. The van der Waals surface area contributed by atoms with Crippen LogP contribution in [0.25, 0.3) is 0 Å². The number of hydrogen-bond donors (Lipinski definition) is 0. The highest BCUT2D eigenvalue weighted by atomic mass is 127. The third-order valence-corrected chi connectivity index (χ3v) is 3.05. The van der Waals surface area contributed by atoms with E-state index in [1.807, 2.05) is 18.2 Å². The van der Waals surface area contributed by atoms with Crippen molar-refractivity contribution in [2.45, 2.75) is 18.2 Å². The number of Topliss-reactive ketones (excluding diaryl/α,β-unsaturated/α-hetero) is 1. The lowest BCUT2D eigenvalue weighted by Gasteiger charge is -2.08. The molecule has 4 heteroatoms. The van der Waals surface area contributed by atoms with Crippen molar-refractivity contribution in [1.82, 2.24) is 0 Å². The Morgan fingerprint density at radius 2 is 2.33 bits per heavy atom. The van der Waals surface area contributed by atoms with Gasteiger partial charge in [0, 0.05) is 9.13 Å². The normalized spacial score (nSPS) is 11.9. The molecule has 78 valence electrons. The Bertz CT molecular complexity index is 423. The van der Waals surface area contributed by atoms with E-state index in [9.17, 15) is 4.79 Å². The molecular formula is C11H9BrINO. The number of hydrogen-bond acceptors (Lipinski definition) is 2. The van der Waals surface area contributed by atoms with E-state index in [1.165, 1.54) is 0 Å². The number of carbonyl (C=O) groups excluding carboxylic acids is 1. The van der Waals surface area contributed by atoms with Crippen LogP contribution >= 0.6 is 38.5 Å². The molecule has 1 unspecified atom stereocenters. The first-order valence-electron chi connectivity index (χ1n) is 4.40. The van der Waals surface area contributed by atoms with Gasteiger partial charge in [0.25, 0.3) is 0 Å². The van der Waals surface area contributed by atoms with E-state index < -0.39 is 0 Å². The SMILES string of the molecule is CC(Br)C(=O)c1cc(I)ccc1CC#N. The summed E-state index contributed by atoms with van der Waals surface area (Å²) in [6.07, 6.45) is 0.276. The average molecular weight is 378 g/mol. The Balaban J connectivity index is 3.19. The summed E-state index contributed by atoms with van der Waals surface area (Å²) < 4.78 is 1.01. The van der Waals surface area contributed by atoms with Gasteiger partial charge in [0.1, 0.15) is 0 Å². The highest BCUT2D eigenvalue weighted by Crippen LogP contribution is 2.18. The minimum Gasteiger partial charge on any atom is -0.293 e. The molecule has 0 heterocycles. The monoisotopic (exact) mass is 377 g/mol. The van der Waals surface area contributed by atoms with Gasteiger partial charge in [0.05, 0.1) is 17.3 Å².